The maximum Gasteiger partial charge on any atom is 0.262 e. The van der Waals surface area contributed by atoms with Crippen molar-refractivity contribution in [3.05, 3.63) is 65.2 Å². The largest absolute Gasteiger partial charge is 0.339 e. The van der Waals surface area contributed by atoms with Crippen LogP contribution in [-0.2, 0) is 4.79 Å². The molecule has 1 fully saturated rings. The Bertz CT molecular complexity index is 960. The highest BCUT2D eigenvalue weighted by molar-refractivity contribution is 6.22. The highest BCUT2D eigenvalue weighted by atomic mass is 16.2. The highest BCUT2D eigenvalue weighted by Crippen LogP contribution is 2.23. The first-order valence-electron chi connectivity index (χ1n) is 9.69. The lowest BCUT2D eigenvalue weighted by atomic mass is 10.1. The number of imide groups is 1. The van der Waals surface area contributed by atoms with Crippen LogP contribution >= 0.6 is 0 Å². The molecule has 0 bridgehead atoms. The number of benzene rings is 2. The van der Waals surface area contributed by atoms with Crippen LogP contribution in [0.25, 0.3) is 0 Å². The lowest BCUT2D eigenvalue weighted by Crippen LogP contribution is -2.38. The molecule has 4 amide bonds. The number of fused-ring (bicyclic) bond motifs is 1. The molecule has 0 aromatic heterocycles. The summed E-state index contributed by atoms with van der Waals surface area (Å²) in [5.74, 6) is -1.63. The third-order valence-corrected chi connectivity index (χ3v) is 5.25. The molecule has 7 heteroatoms. The molecule has 0 aliphatic carbocycles. The average Bonchev–Trinajstić information content (AvgIpc) is 2.99. The number of hydrogen-bond acceptors (Lipinski definition) is 4. The van der Waals surface area contributed by atoms with Gasteiger partial charge in [0.15, 0.2) is 0 Å². The summed E-state index contributed by atoms with van der Waals surface area (Å²) in [6, 6.07) is 13.3. The summed E-state index contributed by atoms with van der Waals surface area (Å²) in [5, 5.41) is 2.69. The van der Waals surface area contributed by atoms with E-state index in [9.17, 15) is 19.2 Å². The Morgan fingerprint density at radius 2 is 1.41 bits per heavy atom. The van der Waals surface area contributed by atoms with Crippen molar-refractivity contribution in [3.8, 4) is 0 Å². The predicted molar refractivity (Wildman–Crippen MR) is 107 cm³/mol. The van der Waals surface area contributed by atoms with Gasteiger partial charge in [0.25, 0.3) is 17.7 Å². The van der Waals surface area contributed by atoms with E-state index in [1.807, 2.05) is 0 Å². The molecule has 4 rings (SSSR count). The summed E-state index contributed by atoms with van der Waals surface area (Å²) in [7, 11) is 0. The summed E-state index contributed by atoms with van der Waals surface area (Å²) in [6.07, 6.45) is 3.06. The second kappa shape index (κ2) is 7.87. The molecule has 0 radical (unpaired) electrons. The van der Waals surface area contributed by atoms with Crippen molar-refractivity contribution in [3.63, 3.8) is 0 Å². The van der Waals surface area contributed by atoms with E-state index in [4.69, 9.17) is 0 Å². The Labute approximate surface area is 168 Å². The molecule has 1 saturated heterocycles. The first-order valence-corrected chi connectivity index (χ1v) is 9.69. The zero-order valence-electron chi connectivity index (χ0n) is 15.9. The van der Waals surface area contributed by atoms with Crippen LogP contribution in [0.4, 0.5) is 5.69 Å². The molecule has 29 heavy (non-hydrogen) atoms. The van der Waals surface area contributed by atoms with Gasteiger partial charge in [-0.05, 0) is 43.5 Å². The minimum absolute atomic E-state index is 0.124. The topological polar surface area (TPSA) is 86.8 Å². The van der Waals surface area contributed by atoms with E-state index in [0.29, 0.717) is 35.5 Å². The summed E-state index contributed by atoms with van der Waals surface area (Å²) in [6.45, 7) is 1.00. The zero-order valence-corrected chi connectivity index (χ0v) is 15.9. The first-order chi connectivity index (χ1) is 14.1. The van der Waals surface area contributed by atoms with Crippen molar-refractivity contribution in [2.45, 2.75) is 19.3 Å². The quantitative estimate of drug-likeness (QED) is 0.812. The second-order valence-corrected chi connectivity index (χ2v) is 7.19. The lowest BCUT2D eigenvalue weighted by molar-refractivity contribution is -0.116. The van der Waals surface area contributed by atoms with Gasteiger partial charge in [0.1, 0.15) is 6.54 Å². The van der Waals surface area contributed by atoms with Crippen molar-refractivity contribution < 1.29 is 19.2 Å². The van der Waals surface area contributed by atoms with Gasteiger partial charge in [0, 0.05) is 13.1 Å². The minimum Gasteiger partial charge on any atom is -0.339 e. The molecule has 2 aromatic carbocycles. The van der Waals surface area contributed by atoms with Crippen LogP contribution in [0.3, 0.4) is 0 Å². The van der Waals surface area contributed by atoms with Crippen molar-refractivity contribution in [1.29, 1.82) is 0 Å². The molecular formula is C22H21N3O4. The van der Waals surface area contributed by atoms with Crippen molar-refractivity contribution >= 4 is 29.3 Å². The van der Waals surface area contributed by atoms with E-state index in [1.165, 1.54) is 0 Å². The number of anilines is 1. The molecular weight excluding hydrogens is 370 g/mol. The maximum atomic E-state index is 12.9. The fourth-order valence-corrected chi connectivity index (χ4v) is 3.76. The first kappa shape index (κ1) is 18.9. The van der Waals surface area contributed by atoms with Gasteiger partial charge in [0.05, 0.1) is 22.4 Å². The number of para-hydroxylation sites is 1. The van der Waals surface area contributed by atoms with E-state index in [0.717, 1.165) is 24.2 Å². The monoisotopic (exact) mass is 391 g/mol. The Kier molecular flexibility index (Phi) is 5.12. The van der Waals surface area contributed by atoms with Crippen LogP contribution in [0.5, 0.6) is 0 Å². The molecule has 2 heterocycles. The number of carbonyl (C=O) groups is 4. The van der Waals surface area contributed by atoms with Crippen LogP contribution in [-0.4, -0.2) is 53.1 Å². The van der Waals surface area contributed by atoms with E-state index in [-0.39, 0.29) is 5.91 Å². The van der Waals surface area contributed by atoms with E-state index in [1.54, 1.807) is 53.4 Å². The molecule has 0 atom stereocenters. The number of piperidine rings is 1. The van der Waals surface area contributed by atoms with E-state index < -0.39 is 24.3 Å². The fraction of sp³-hybridized carbons (Fsp3) is 0.273. The van der Waals surface area contributed by atoms with Crippen LogP contribution in [0, 0.1) is 0 Å². The zero-order chi connectivity index (χ0) is 20.4. The Balaban J connectivity index is 1.48. The van der Waals surface area contributed by atoms with Gasteiger partial charge in [-0.25, -0.2) is 0 Å². The number of likely N-dealkylation sites (tertiary alicyclic amines) is 1. The van der Waals surface area contributed by atoms with Crippen molar-refractivity contribution in [2.75, 3.05) is 25.0 Å². The molecule has 2 aliphatic rings. The summed E-state index contributed by atoms with van der Waals surface area (Å²) in [5.41, 5.74) is 1.38. The number of carbonyl (C=O) groups excluding carboxylic acids is 4. The molecule has 2 aliphatic heterocycles. The van der Waals surface area contributed by atoms with Gasteiger partial charge in [-0.3, -0.25) is 24.1 Å². The molecule has 0 spiro atoms. The van der Waals surface area contributed by atoms with Gasteiger partial charge in [-0.2, -0.15) is 0 Å². The third-order valence-electron chi connectivity index (χ3n) is 5.25. The number of nitrogens with zero attached hydrogens (tertiary/aromatic N) is 2. The number of hydrogen-bond donors (Lipinski definition) is 1. The number of rotatable bonds is 4. The number of amides is 4. The van der Waals surface area contributed by atoms with Gasteiger partial charge in [0.2, 0.25) is 5.91 Å². The summed E-state index contributed by atoms with van der Waals surface area (Å²) >= 11 is 0. The van der Waals surface area contributed by atoms with Crippen molar-refractivity contribution in [1.82, 2.24) is 9.80 Å². The third kappa shape index (κ3) is 3.63. The SMILES string of the molecule is O=C(CN1C(=O)c2ccccc2C1=O)Nc1ccccc1C(=O)N1CCCCC1. The Hall–Kier alpha value is -3.48. The fourth-order valence-electron chi connectivity index (χ4n) is 3.76. The van der Waals surface area contributed by atoms with Crippen LogP contribution < -0.4 is 5.32 Å². The van der Waals surface area contributed by atoms with E-state index >= 15 is 0 Å². The molecule has 7 nitrogen and oxygen atoms in total. The predicted octanol–water partition coefficient (Wildman–Crippen LogP) is 2.55. The van der Waals surface area contributed by atoms with Crippen molar-refractivity contribution in [2.24, 2.45) is 0 Å². The standard InChI is InChI=1S/C22H21N3O4/c26-19(14-25-21(28)15-8-2-3-9-16(15)22(25)29)23-18-11-5-4-10-17(18)20(27)24-12-6-1-7-13-24/h2-5,8-11H,1,6-7,12-14H2,(H,23,26). The maximum absolute atomic E-state index is 12.9. The van der Waals surface area contributed by atoms with Crippen LogP contribution in [0.15, 0.2) is 48.5 Å². The normalized spacial score (nSPS) is 16.0. The Morgan fingerprint density at radius 1 is 0.828 bits per heavy atom. The van der Waals surface area contributed by atoms with Gasteiger partial charge >= 0.3 is 0 Å². The van der Waals surface area contributed by atoms with Crippen LogP contribution in [0.2, 0.25) is 0 Å². The molecule has 0 unspecified atom stereocenters. The summed E-state index contributed by atoms with van der Waals surface area (Å²) < 4.78 is 0. The van der Waals surface area contributed by atoms with Gasteiger partial charge < -0.3 is 10.2 Å². The molecule has 2 aromatic rings. The van der Waals surface area contributed by atoms with Gasteiger partial charge in [-0.15, -0.1) is 0 Å². The van der Waals surface area contributed by atoms with Crippen LogP contribution in [0.1, 0.15) is 50.3 Å². The Morgan fingerprint density at radius 3 is 2.07 bits per heavy atom. The molecule has 148 valence electrons. The average molecular weight is 391 g/mol. The van der Waals surface area contributed by atoms with E-state index in [2.05, 4.69) is 5.32 Å². The minimum atomic E-state index is -0.529. The molecule has 1 N–H and O–H groups in total. The molecule has 0 saturated carbocycles. The van der Waals surface area contributed by atoms with Gasteiger partial charge in [-0.1, -0.05) is 24.3 Å². The smallest absolute Gasteiger partial charge is 0.262 e. The second-order valence-electron chi connectivity index (χ2n) is 7.19. The highest BCUT2D eigenvalue weighted by Gasteiger charge is 2.36. The summed E-state index contributed by atoms with van der Waals surface area (Å²) in [4.78, 5) is 53.0. The number of nitrogens with one attached hydrogen (secondary N) is 1. The lowest BCUT2D eigenvalue weighted by Gasteiger charge is -2.27.